The Balaban J connectivity index is 1.20. The number of aliphatic hydroxyl groups is 1. The average Bonchev–Trinajstić information content (AvgIpc) is 3.01. The van der Waals surface area contributed by atoms with Gasteiger partial charge in [-0.05, 0) is 22.8 Å². The zero-order valence-corrected chi connectivity index (χ0v) is 23.3. The molecule has 0 bridgehead atoms. The molecule has 1 aromatic heterocycles. The van der Waals surface area contributed by atoms with Crippen LogP contribution in [0.4, 0.5) is 0 Å². The molecule has 0 atom stereocenters. The van der Waals surface area contributed by atoms with Crippen molar-refractivity contribution in [2.45, 2.75) is 19.4 Å². The second kappa shape index (κ2) is 12.3. The average molecular weight is 549 g/mol. The molecule has 7 heteroatoms. The van der Waals surface area contributed by atoms with E-state index in [4.69, 9.17) is 4.98 Å². The van der Waals surface area contributed by atoms with E-state index < -0.39 is 0 Å². The number of Topliss-reactive ketones (excluding diaryl/α,β-unsaturated/α-hetero) is 1. The van der Waals surface area contributed by atoms with Crippen LogP contribution >= 0.6 is 0 Å². The molecule has 1 amide bonds. The highest BCUT2D eigenvalue weighted by Gasteiger charge is 2.30. The van der Waals surface area contributed by atoms with Crippen molar-refractivity contribution >= 4 is 22.6 Å². The second-order valence-corrected chi connectivity index (χ2v) is 11.0. The number of aliphatic hydroxyl groups excluding tert-OH is 1. The molecule has 2 aliphatic heterocycles. The molecule has 3 aromatic carbocycles. The van der Waals surface area contributed by atoms with Crippen LogP contribution in [-0.2, 0) is 24.2 Å². The number of amides is 1. The van der Waals surface area contributed by atoms with Crippen molar-refractivity contribution < 1.29 is 14.7 Å². The van der Waals surface area contributed by atoms with Crippen LogP contribution in [0.1, 0.15) is 27.2 Å². The van der Waals surface area contributed by atoms with Crippen LogP contribution in [-0.4, -0.2) is 88.9 Å². The zero-order valence-electron chi connectivity index (χ0n) is 23.3. The summed E-state index contributed by atoms with van der Waals surface area (Å²) < 4.78 is 0. The lowest BCUT2D eigenvalue weighted by Crippen LogP contribution is -2.49. The normalized spacial score (nSPS) is 16.1. The van der Waals surface area contributed by atoms with E-state index in [0.717, 1.165) is 64.0 Å². The third-order valence-electron chi connectivity index (χ3n) is 8.25. The number of hydrogen-bond donors (Lipinski definition) is 1. The van der Waals surface area contributed by atoms with E-state index in [9.17, 15) is 14.7 Å². The summed E-state index contributed by atoms with van der Waals surface area (Å²) in [7, 11) is 0. The largest absolute Gasteiger partial charge is 0.395 e. The molecular weight excluding hydrogens is 512 g/mol. The summed E-state index contributed by atoms with van der Waals surface area (Å²) in [6.45, 7) is 5.15. The van der Waals surface area contributed by atoms with Crippen LogP contribution in [0.3, 0.4) is 0 Å². The van der Waals surface area contributed by atoms with Crippen LogP contribution in [0.5, 0.6) is 0 Å². The Labute approximate surface area is 241 Å². The lowest BCUT2D eigenvalue weighted by atomic mass is 9.94. The number of benzene rings is 3. The number of rotatable bonds is 8. The molecule has 1 saturated heterocycles. The monoisotopic (exact) mass is 548 g/mol. The van der Waals surface area contributed by atoms with Crippen LogP contribution < -0.4 is 0 Å². The maximum absolute atomic E-state index is 14.0. The maximum Gasteiger partial charge on any atom is 0.255 e. The number of carbonyl (C=O) groups excluding carboxylic acids is 2. The summed E-state index contributed by atoms with van der Waals surface area (Å²) in [4.78, 5) is 38.5. The molecule has 4 aromatic rings. The third kappa shape index (κ3) is 6.07. The van der Waals surface area contributed by atoms with Crippen molar-refractivity contribution in [3.8, 4) is 11.1 Å². The Kier molecular flexibility index (Phi) is 8.19. The number of aromatic nitrogens is 1. The van der Waals surface area contributed by atoms with Gasteiger partial charge in [0.15, 0.2) is 5.78 Å². The lowest BCUT2D eigenvalue weighted by molar-refractivity contribution is -0.119. The van der Waals surface area contributed by atoms with Gasteiger partial charge in [-0.3, -0.25) is 24.4 Å². The Hall–Kier alpha value is -3.91. The zero-order chi connectivity index (χ0) is 28.2. The first-order chi connectivity index (χ1) is 20.1. The molecule has 3 heterocycles. The maximum atomic E-state index is 14.0. The molecule has 0 saturated carbocycles. The number of ketones is 1. The van der Waals surface area contributed by atoms with E-state index in [1.807, 2.05) is 59.5 Å². The van der Waals surface area contributed by atoms with Gasteiger partial charge in [-0.15, -0.1) is 0 Å². The van der Waals surface area contributed by atoms with Crippen molar-refractivity contribution in [1.82, 2.24) is 19.7 Å². The van der Waals surface area contributed by atoms with Gasteiger partial charge in [0.2, 0.25) is 0 Å². The van der Waals surface area contributed by atoms with Crippen molar-refractivity contribution in [2.24, 2.45) is 0 Å². The minimum absolute atomic E-state index is 0.0365. The molecule has 0 aliphatic carbocycles. The van der Waals surface area contributed by atoms with Crippen molar-refractivity contribution in [3.63, 3.8) is 0 Å². The Morgan fingerprint density at radius 3 is 2.37 bits per heavy atom. The summed E-state index contributed by atoms with van der Waals surface area (Å²) in [6, 6.07) is 26.3. The van der Waals surface area contributed by atoms with Gasteiger partial charge < -0.3 is 10.0 Å². The van der Waals surface area contributed by atoms with Gasteiger partial charge in [-0.2, -0.15) is 0 Å². The first kappa shape index (κ1) is 27.3. The number of nitrogens with zero attached hydrogens (tertiary/aromatic N) is 4. The SMILES string of the molecule is O=C(Cc1cccc(-c2ccccc2)c1)CN1CCc2nc3ccccc3c(C(=O)N3CCN(CCO)CC3)c2C1. The standard InChI is InChI=1S/C34H36N4O3/c39-20-19-36-15-17-38(18-16-36)34(41)33-29-11-4-5-12-31(29)35-32-13-14-37(24-30(32)33)23-28(40)22-25-7-6-10-27(21-25)26-8-2-1-3-9-26/h1-12,21,39H,13-20,22-24H2. The molecule has 0 unspecified atom stereocenters. The molecule has 210 valence electrons. The van der Waals surface area contributed by atoms with E-state index in [-0.39, 0.29) is 18.3 Å². The summed E-state index contributed by atoms with van der Waals surface area (Å²) in [5.41, 5.74) is 6.76. The molecule has 7 nitrogen and oxygen atoms in total. The molecule has 0 radical (unpaired) electrons. The van der Waals surface area contributed by atoms with Crippen molar-refractivity contribution in [2.75, 3.05) is 52.4 Å². The minimum atomic E-state index is 0.0365. The molecule has 1 N–H and O–H groups in total. The third-order valence-corrected chi connectivity index (χ3v) is 8.25. The number of carbonyl (C=O) groups is 2. The van der Waals surface area contributed by atoms with Gasteiger partial charge in [0.05, 0.1) is 24.2 Å². The van der Waals surface area contributed by atoms with Crippen LogP contribution in [0.2, 0.25) is 0 Å². The fourth-order valence-corrected chi connectivity index (χ4v) is 6.12. The number of pyridine rings is 1. The lowest BCUT2D eigenvalue weighted by Gasteiger charge is -2.36. The Bertz CT molecular complexity index is 1550. The van der Waals surface area contributed by atoms with E-state index in [1.165, 1.54) is 0 Å². The summed E-state index contributed by atoms with van der Waals surface area (Å²) >= 11 is 0. The smallest absolute Gasteiger partial charge is 0.255 e. The predicted octanol–water partition coefficient (Wildman–Crippen LogP) is 3.82. The van der Waals surface area contributed by atoms with E-state index in [0.29, 0.717) is 45.6 Å². The first-order valence-corrected chi connectivity index (χ1v) is 14.5. The molecule has 6 rings (SSSR count). The number of hydrogen-bond acceptors (Lipinski definition) is 6. The molecular formula is C34H36N4O3. The van der Waals surface area contributed by atoms with Gasteiger partial charge in [0.1, 0.15) is 0 Å². The fourth-order valence-electron chi connectivity index (χ4n) is 6.12. The van der Waals surface area contributed by atoms with Gasteiger partial charge >= 0.3 is 0 Å². The van der Waals surface area contributed by atoms with Gasteiger partial charge in [0, 0.05) is 75.3 Å². The molecule has 1 fully saturated rings. The fraction of sp³-hybridized carbons (Fsp3) is 0.324. The number of fused-ring (bicyclic) bond motifs is 2. The second-order valence-electron chi connectivity index (χ2n) is 11.0. The van der Waals surface area contributed by atoms with Gasteiger partial charge in [-0.25, -0.2) is 0 Å². The predicted molar refractivity (Wildman–Crippen MR) is 161 cm³/mol. The number of piperazine rings is 1. The summed E-state index contributed by atoms with van der Waals surface area (Å²) in [5, 5.41) is 10.2. The van der Waals surface area contributed by atoms with Crippen molar-refractivity contribution in [1.29, 1.82) is 0 Å². The number of β-amino-alcohol motifs (C(OH)–C–C–N with tert-alkyl or cyclic N) is 1. The van der Waals surface area contributed by atoms with Crippen molar-refractivity contribution in [3.05, 3.63) is 101 Å². The van der Waals surface area contributed by atoms with E-state index in [1.54, 1.807) is 0 Å². The topological polar surface area (TPSA) is 77.0 Å². The van der Waals surface area contributed by atoms with Gasteiger partial charge in [0.25, 0.3) is 5.91 Å². The highest BCUT2D eigenvalue weighted by molar-refractivity contribution is 6.07. The highest BCUT2D eigenvalue weighted by atomic mass is 16.3. The van der Waals surface area contributed by atoms with E-state index in [2.05, 4.69) is 34.1 Å². The number of para-hydroxylation sites is 1. The molecule has 41 heavy (non-hydrogen) atoms. The Morgan fingerprint density at radius 2 is 1.56 bits per heavy atom. The summed E-state index contributed by atoms with van der Waals surface area (Å²) in [5.74, 6) is 0.203. The van der Waals surface area contributed by atoms with Crippen LogP contribution in [0, 0.1) is 0 Å². The first-order valence-electron chi connectivity index (χ1n) is 14.5. The van der Waals surface area contributed by atoms with Crippen LogP contribution in [0.25, 0.3) is 22.0 Å². The van der Waals surface area contributed by atoms with E-state index >= 15 is 0 Å². The molecule has 0 spiro atoms. The summed E-state index contributed by atoms with van der Waals surface area (Å²) in [6.07, 6.45) is 1.09. The van der Waals surface area contributed by atoms with Gasteiger partial charge in [-0.1, -0.05) is 72.8 Å². The highest BCUT2D eigenvalue weighted by Crippen LogP contribution is 2.30. The Morgan fingerprint density at radius 1 is 0.805 bits per heavy atom. The minimum Gasteiger partial charge on any atom is -0.395 e. The van der Waals surface area contributed by atoms with Crippen LogP contribution in [0.15, 0.2) is 78.9 Å². The molecule has 2 aliphatic rings. The quantitative estimate of drug-likeness (QED) is 0.361.